The zero-order chi connectivity index (χ0) is 21.1. The minimum absolute atomic E-state index is 0.00560. The number of rotatable bonds is 5. The summed E-state index contributed by atoms with van der Waals surface area (Å²) in [5.74, 6) is 1.52. The summed E-state index contributed by atoms with van der Waals surface area (Å²) in [5, 5.41) is 13.4. The summed E-state index contributed by atoms with van der Waals surface area (Å²) in [7, 11) is 1.67. The van der Waals surface area contributed by atoms with E-state index in [2.05, 4.69) is 35.3 Å². The summed E-state index contributed by atoms with van der Waals surface area (Å²) in [5.41, 5.74) is 3.04. The van der Waals surface area contributed by atoms with Gasteiger partial charge in [-0.05, 0) is 55.0 Å². The molecule has 0 bridgehead atoms. The van der Waals surface area contributed by atoms with Crippen LogP contribution in [-0.2, 0) is 17.6 Å². The molecule has 7 heteroatoms. The first-order valence-corrected chi connectivity index (χ1v) is 11.5. The smallest absolute Gasteiger partial charge is 0.280 e. The van der Waals surface area contributed by atoms with E-state index >= 15 is 0 Å². The number of anilines is 2. The molecule has 1 aromatic carbocycles. The quantitative estimate of drug-likeness (QED) is 0.770. The predicted octanol–water partition coefficient (Wildman–Crippen LogP) is 2.10. The topological polar surface area (TPSA) is 69.8 Å². The summed E-state index contributed by atoms with van der Waals surface area (Å²) in [6.07, 6.45) is 3.09. The number of ether oxygens (including phenoxy) is 1. The highest BCUT2D eigenvalue weighted by atomic mass is 32.1. The van der Waals surface area contributed by atoms with E-state index in [9.17, 15) is 10.1 Å². The Morgan fingerprint density at radius 2 is 2.07 bits per heavy atom. The molecule has 0 spiro atoms. The number of piperazine rings is 1. The second-order valence-electron chi connectivity index (χ2n) is 8.33. The van der Waals surface area contributed by atoms with Crippen molar-refractivity contribution in [2.24, 2.45) is 5.92 Å². The number of carbonyl (C=O) groups is 1. The number of carbonyl (C=O) groups excluding carboxylic acids is 1. The number of fused-ring (bicyclic) bond motifs is 1. The molecule has 1 amide bonds. The Morgan fingerprint density at radius 1 is 1.33 bits per heavy atom. The molecular formula is C23H29N4O2S+. The van der Waals surface area contributed by atoms with Gasteiger partial charge in [-0.3, -0.25) is 4.79 Å². The van der Waals surface area contributed by atoms with Gasteiger partial charge in [-0.25, -0.2) is 0 Å². The van der Waals surface area contributed by atoms with Gasteiger partial charge in [0.2, 0.25) is 0 Å². The average Bonchev–Trinajstić information content (AvgIpc) is 3.10. The minimum atomic E-state index is 0.00560. The fraction of sp³-hybridized carbons (Fsp3) is 0.478. The molecule has 4 rings (SSSR count). The third kappa shape index (κ3) is 4.45. The molecule has 0 unspecified atom stereocenters. The molecule has 2 aromatic rings. The Morgan fingerprint density at radius 3 is 2.73 bits per heavy atom. The largest absolute Gasteiger partial charge is 0.497 e. The number of amides is 1. The Bertz CT molecular complexity index is 939. The van der Waals surface area contributed by atoms with Gasteiger partial charge in [0, 0.05) is 10.6 Å². The average molecular weight is 426 g/mol. The molecule has 0 radical (unpaired) electrons. The van der Waals surface area contributed by atoms with E-state index < -0.39 is 0 Å². The number of nitrogens with one attached hydrogen (secondary N) is 2. The van der Waals surface area contributed by atoms with Crippen molar-refractivity contribution in [3.05, 3.63) is 40.3 Å². The molecule has 1 aliphatic carbocycles. The predicted molar refractivity (Wildman–Crippen MR) is 120 cm³/mol. The number of benzene rings is 1. The van der Waals surface area contributed by atoms with E-state index in [-0.39, 0.29) is 5.91 Å². The van der Waals surface area contributed by atoms with Crippen molar-refractivity contribution in [3.63, 3.8) is 0 Å². The number of thiophene rings is 1. The number of hydrogen-bond donors (Lipinski definition) is 2. The van der Waals surface area contributed by atoms with Gasteiger partial charge in [0.05, 0.1) is 38.9 Å². The van der Waals surface area contributed by atoms with Gasteiger partial charge in [0.25, 0.3) is 5.91 Å². The molecule has 0 saturated carbocycles. The fourth-order valence-corrected chi connectivity index (χ4v) is 5.78. The van der Waals surface area contributed by atoms with Crippen LogP contribution in [0.25, 0.3) is 0 Å². The standard InChI is InChI=1S/C23H28N4O2S/c1-16-3-8-19-20(14-24)23(30-21(19)13-16)25-22(28)15-26-9-11-27(12-10-26)17-4-6-18(29-2)7-5-17/h4-7,16H,3,8-13,15H2,1-2H3,(H,25,28)/p+1/t16-/m1/s1. The Kier molecular flexibility index (Phi) is 6.26. The summed E-state index contributed by atoms with van der Waals surface area (Å²) >= 11 is 1.60. The van der Waals surface area contributed by atoms with Crippen molar-refractivity contribution in [3.8, 4) is 11.8 Å². The second-order valence-corrected chi connectivity index (χ2v) is 9.43. The van der Waals surface area contributed by atoms with Gasteiger partial charge in [0.1, 0.15) is 16.8 Å². The van der Waals surface area contributed by atoms with Crippen LogP contribution in [0, 0.1) is 17.2 Å². The molecule has 1 aromatic heterocycles. The first-order chi connectivity index (χ1) is 14.6. The lowest BCUT2D eigenvalue weighted by Gasteiger charge is -2.33. The molecule has 1 fully saturated rings. The maximum atomic E-state index is 12.7. The SMILES string of the molecule is COc1ccc(N2CC[NH+](CC(=O)Nc3sc4c(c3C#N)CC[C@@H](C)C4)CC2)cc1. The van der Waals surface area contributed by atoms with Crippen LogP contribution in [0.4, 0.5) is 10.7 Å². The highest BCUT2D eigenvalue weighted by Gasteiger charge is 2.26. The third-order valence-electron chi connectivity index (χ3n) is 6.20. The van der Waals surface area contributed by atoms with E-state index in [1.807, 2.05) is 12.1 Å². The highest BCUT2D eigenvalue weighted by Crippen LogP contribution is 2.39. The maximum absolute atomic E-state index is 12.7. The number of hydrogen-bond acceptors (Lipinski definition) is 5. The van der Waals surface area contributed by atoms with Crippen LogP contribution in [0.15, 0.2) is 24.3 Å². The van der Waals surface area contributed by atoms with Crippen molar-refractivity contribution in [2.75, 3.05) is 50.1 Å². The van der Waals surface area contributed by atoms with Crippen molar-refractivity contribution in [1.82, 2.24) is 0 Å². The van der Waals surface area contributed by atoms with Crippen LogP contribution >= 0.6 is 11.3 Å². The Balaban J connectivity index is 1.32. The normalized spacial score (nSPS) is 19.1. The Hall–Kier alpha value is -2.56. The number of nitrogens with zero attached hydrogens (tertiary/aromatic N) is 2. The van der Waals surface area contributed by atoms with Crippen LogP contribution in [0.3, 0.4) is 0 Å². The lowest BCUT2D eigenvalue weighted by Crippen LogP contribution is -3.15. The van der Waals surface area contributed by atoms with Gasteiger partial charge in [-0.2, -0.15) is 5.26 Å². The highest BCUT2D eigenvalue weighted by molar-refractivity contribution is 7.16. The van der Waals surface area contributed by atoms with Crippen molar-refractivity contribution < 1.29 is 14.4 Å². The first-order valence-electron chi connectivity index (χ1n) is 10.6. The van der Waals surface area contributed by atoms with Crippen molar-refractivity contribution in [1.29, 1.82) is 5.26 Å². The summed E-state index contributed by atoms with van der Waals surface area (Å²) in [4.78, 5) is 17.6. The zero-order valence-electron chi connectivity index (χ0n) is 17.7. The van der Waals surface area contributed by atoms with Gasteiger partial charge in [-0.15, -0.1) is 11.3 Å². The van der Waals surface area contributed by atoms with E-state index in [1.165, 1.54) is 15.5 Å². The third-order valence-corrected chi connectivity index (χ3v) is 7.36. The molecular weight excluding hydrogens is 396 g/mol. The van der Waals surface area contributed by atoms with Gasteiger partial charge in [0.15, 0.2) is 6.54 Å². The lowest BCUT2D eigenvalue weighted by atomic mass is 9.89. The molecule has 6 nitrogen and oxygen atoms in total. The van der Waals surface area contributed by atoms with E-state index in [4.69, 9.17) is 4.74 Å². The number of quaternary nitrogens is 1. The van der Waals surface area contributed by atoms with Crippen molar-refractivity contribution in [2.45, 2.75) is 26.2 Å². The van der Waals surface area contributed by atoms with Crippen molar-refractivity contribution >= 4 is 27.9 Å². The molecule has 2 N–H and O–H groups in total. The Labute approximate surface area is 182 Å². The van der Waals surface area contributed by atoms with Gasteiger partial charge >= 0.3 is 0 Å². The van der Waals surface area contributed by atoms with Crippen LogP contribution in [0.1, 0.15) is 29.3 Å². The number of nitriles is 1. The second kappa shape index (κ2) is 9.07. The van der Waals surface area contributed by atoms with Crippen LogP contribution < -0.4 is 19.9 Å². The van der Waals surface area contributed by atoms with Gasteiger partial charge < -0.3 is 19.9 Å². The monoisotopic (exact) mass is 425 g/mol. The first kappa shape index (κ1) is 20.7. The van der Waals surface area contributed by atoms with Crippen LogP contribution in [0.5, 0.6) is 5.75 Å². The lowest BCUT2D eigenvalue weighted by molar-refractivity contribution is -0.892. The summed E-state index contributed by atoms with van der Waals surface area (Å²) < 4.78 is 5.23. The van der Waals surface area contributed by atoms with E-state index in [0.29, 0.717) is 18.0 Å². The molecule has 2 aliphatic rings. The van der Waals surface area contributed by atoms with E-state index in [1.54, 1.807) is 18.4 Å². The molecule has 30 heavy (non-hydrogen) atoms. The number of methoxy groups -OCH3 is 1. The molecule has 1 atom stereocenters. The van der Waals surface area contributed by atoms with E-state index in [0.717, 1.165) is 61.8 Å². The maximum Gasteiger partial charge on any atom is 0.280 e. The van der Waals surface area contributed by atoms with Crippen LogP contribution in [-0.4, -0.2) is 45.7 Å². The molecule has 158 valence electrons. The summed E-state index contributed by atoms with van der Waals surface area (Å²) in [6.45, 7) is 6.38. The summed E-state index contributed by atoms with van der Waals surface area (Å²) in [6, 6.07) is 10.5. The molecule has 2 heterocycles. The van der Waals surface area contributed by atoms with Gasteiger partial charge in [-0.1, -0.05) is 6.92 Å². The zero-order valence-corrected chi connectivity index (χ0v) is 18.5. The molecule has 1 aliphatic heterocycles. The molecule has 1 saturated heterocycles. The fourth-order valence-electron chi connectivity index (χ4n) is 4.41. The van der Waals surface area contributed by atoms with Crippen LogP contribution in [0.2, 0.25) is 0 Å². The minimum Gasteiger partial charge on any atom is -0.497 e.